The Balaban J connectivity index is 2.16. The summed E-state index contributed by atoms with van der Waals surface area (Å²) in [5, 5.41) is 11.9. The number of aryl methyl sites for hydroxylation is 1. The Morgan fingerprint density at radius 1 is 1.33 bits per heavy atom. The van der Waals surface area contributed by atoms with Gasteiger partial charge in [0.05, 0.1) is 6.54 Å². The number of nitrogens with zero attached hydrogens (tertiary/aromatic N) is 2. The lowest BCUT2D eigenvalue weighted by atomic mass is 10.1. The molecule has 2 rings (SSSR count). The molecular formula is C13H16ClN3O. The van der Waals surface area contributed by atoms with E-state index in [9.17, 15) is 0 Å². The zero-order chi connectivity index (χ0) is 13.1. The van der Waals surface area contributed by atoms with Gasteiger partial charge in [0.2, 0.25) is 11.8 Å². The molecule has 0 fully saturated rings. The van der Waals surface area contributed by atoms with E-state index in [1.54, 1.807) is 0 Å². The lowest BCUT2D eigenvalue weighted by molar-refractivity contribution is 0.459. The van der Waals surface area contributed by atoms with Crippen molar-refractivity contribution in [3.8, 4) is 11.5 Å². The number of rotatable bonds is 4. The minimum absolute atomic E-state index is 0.383. The third-order valence-corrected chi connectivity index (χ3v) is 2.95. The van der Waals surface area contributed by atoms with Crippen molar-refractivity contribution in [1.82, 2.24) is 15.5 Å². The average molecular weight is 266 g/mol. The van der Waals surface area contributed by atoms with Crippen LogP contribution < -0.4 is 5.32 Å². The van der Waals surface area contributed by atoms with Crippen LogP contribution in [0.4, 0.5) is 0 Å². The van der Waals surface area contributed by atoms with E-state index < -0.39 is 0 Å². The van der Waals surface area contributed by atoms with Crippen LogP contribution in [0.25, 0.3) is 11.5 Å². The Hall–Kier alpha value is -1.39. The Bertz CT molecular complexity index is 537. The maximum absolute atomic E-state index is 6.07. The minimum Gasteiger partial charge on any atom is -0.419 e. The topological polar surface area (TPSA) is 51.0 Å². The number of aromatic nitrogens is 2. The summed E-state index contributed by atoms with van der Waals surface area (Å²) in [6.07, 6.45) is 0. The predicted octanol–water partition coefficient (Wildman–Crippen LogP) is 3.20. The van der Waals surface area contributed by atoms with Gasteiger partial charge in [0.15, 0.2) is 0 Å². The van der Waals surface area contributed by atoms with E-state index in [0.29, 0.717) is 29.4 Å². The van der Waals surface area contributed by atoms with E-state index in [2.05, 4.69) is 29.4 Å². The SMILES string of the molecule is Cc1ccc(-c2nnc(CNC(C)C)o2)cc1Cl. The molecule has 0 saturated heterocycles. The second-order valence-corrected chi connectivity index (χ2v) is 4.91. The first-order chi connectivity index (χ1) is 8.56. The molecule has 0 aliphatic rings. The number of hydrogen-bond donors (Lipinski definition) is 1. The van der Waals surface area contributed by atoms with Crippen molar-refractivity contribution >= 4 is 11.6 Å². The van der Waals surface area contributed by atoms with Crippen molar-refractivity contribution in [3.05, 3.63) is 34.7 Å². The molecule has 0 saturated carbocycles. The largest absolute Gasteiger partial charge is 0.419 e. The molecule has 0 bridgehead atoms. The number of hydrogen-bond acceptors (Lipinski definition) is 4. The quantitative estimate of drug-likeness (QED) is 0.922. The van der Waals surface area contributed by atoms with E-state index in [-0.39, 0.29) is 0 Å². The van der Waals surface area contributed by atoms with E-state index in [1.165, 1.54) is 0 Å². The minimum atomic E-state index is 0.383. The van der Waals surface area contributed by atoms with Crippen LogP contribution in [0.5, 0.6) is 0 Å². The highest BCUT2D eigenvalue weighted by atomic mass is 35.5. The first-order valence-corrected chi connectivity index (χ1v) is 6.26. The van der Waals surface area contributed by atoms with Gasteiger partial charge in [-0.15, -0.1) is 10.2 Å². The molecule has 5 heteroatoms. The zero-order valence-corrected chi connectivity index (χ0v) is 11.5. The van der Waals surface area contributed by atoms with Crippen LogP contribution in [0.15, 0.2) is 22.6 Å². The molecule has 0 aliphatic carbocycles. The molecule has 1 heterocycles. The van der Waals surface area contributed by atoms with Crippen LogP contribution in [-0.4, -0.2) is 16.2 Å². The van der Waals surface area contributed by atoms with Gasteiger partial charge in [-0.1, -0.05) is 31.5 Å². The fourth-order valence-electron chi connectivity index (χ4n) is 1.46. The molecule has 1 N–H and O–H groups in total. The fourth-order valence-corrected chi connectivity index (χ4v) is 1.64. The van der Waals surface area contributed by atoms with E-state index in [1.807, 2.05) is 25.1 Å². The fraction of sp³-hybridized carbons (Fsp3) is 0.385. The summed E-state index contributed by atoms with van der Waals surface area (Å²) in [4.78, 5) is 0. The summed E-state index contributed by atoms with van der Waals surface area (Å²) in [5.74, 6) is 1.08. The highest BCUT2D eigenvalue weighted by Gasteiger charge is 2.09. The van der Waals surface area contributed by atoms with E-state index >= 15 is 0 Å². The van der Waals surface area contributed by atoms with Gasteiger partial charge in [0.1, 0.15) is 0 Å². The van der Waals surface area contributed by atoms with Crippen molar-refractivity contribution in [3.63, 3.8) is 0 Å². The molecule has 96 valence electrons. The van der Waals surface area contributed by atoms with Gasteiger partial charge in [-0.3, -0.25) is 0 Å². The first-order valence-electron chi connectivity index (χ1n) is 5.88. The standard InChI is InChI=1S/C13H16ClN3O/c1-8(2)15-7-12-16-17-13(18-12)10-5-4-9(3)11(14)6-10/h4-6,8,15H,7H2,1-3H3. The monoisotopic (exact) mass is 265 g/mol. The highest BCUT2D eigenvalue weighted by Crippen LogP contribution is 2.24. The number of benzene rings is 1. The van der Waals surface area contributed by atoms with Gasteiger partial charge >= 0.3 is 0 Å². The second kappa shape index (κ2) is 5.50. The van der Waals surface area contributed by atoms with Crippen LogP contribution in [0, 0.1) is 6.92 Å². The maximum Gasteiger partial charge on any atom is 0.247 e. The smallest absolute Gasteiger partial charge is 0.247 e. The Morgan fingerprint density at radius 3 is 2.78 bits per heavy atom. The molecule has 1 aromatic carbocycles. The summed E-state index contributed by atoms with van der Waals surface area (Å²) in [6.45, 7) is 6.66. The van der Waals surface area contributed by atoms with Gasteiger partial charge in [-0.05, 0) is 24.6 Å². The highest BCUT2D eigenvalue weighted by molar-refractivity contribution is 6.31. The van der Waals surface area contributed by atoms with E-state index in [0.717, 1.165) is 11.1 Å². The zero-order valence-electron chi connectivity index (χ0n) is 10.7. The van der Waals surface area contributed by atoms with Crippen LogP contribution in [0.2, 0.25) is 5.02 Å². The normalized spacial score (nSPS) is 11.2. The van der Waals surface area contributed by atoms with Gasteiger partial charge < -0.3 is 9.73 Å². The molecule has 1 aromatic heterocycles. The molecule has 4 nitrogen and oxygen atoms in total. The molecule has 2 aromatic rings. The lowest BCUT2D eigenvalue weighted by Crippen LogP contribution is -2.21. The molecule has 0 aliphatic heterocycles. The number of nitrogens with one attached hydrogen (secondary N) is 1. The lowest BCUT2D eigenvalue weighted by Gasteiger charge is -2.03. The summed E-state index contributed by atoms with van der Waals surface area (Å²) in [5.41, 5.74) is 1.87. The molecule has 18 heavy (non-hydrogen) atoms. The van der Waals surface area contributed by atoms with Gasteiger partial charge in [-0.2, -0.15) is 0 Å². The molecule has 0 spiro atoms. The van der Waals surface area contributed by atoms with Crippen LogP contribution in [0.3, 0.4) is 0 Å². The Labute approximate surface area is 111 Å². The first kappa shape index (κ1) is 13.1. The summed E-state index contributed by atoms with van der Waals surface area (Å²) >= 11 is 6.07. The summed E-state index contributed by atoms with van der Waals surface area (Å²) < 4.78 is 5.57. The van der Waals surface area contributed by atoms with Crippen molar-refractivity contribution in [2.24, 2.45) is 0 Å². The predicted molar refractivity (Wildman–Crippen MR) is 71.5 cm³/mol. The summed E-state index contributed by atoms with van der Waals surface area (Å²) in [6, 6.07) is 6.08. The third-order valence-electron chi connectivity index (χ3n) is 2.55. The van der Waals surface area contributed by atoms with E-state index in [4.69, 9.17) is 16.0 Å². The van der Waals surface area contributed by atoms with Gasteiger partial charge in [-0.25, -0.2) is 0 Å². The van der Waals surface area contributed by atoms with Crippen molar-refractivity contribution in [2.75, 3.05) is 0 Å². The second-order valence-electron chi connectivity index (χ2n) is 4.50. The van der Waals surface area contributed by atoms with Gasteiger partial charge in [0, 0.05) is 16.6 Å². The molecule has 0 radical (unpaired) electrons. The van der Waals surface area contributed by atoms with Crippen LogP contribution in [0.1, 0.15) is 25.3 Å². The van der Waals surface area contributed by atoms with Crippen molar-refractivity contribution in [1.29, 1.82) is 0 Å². The molecule has 0 amide bonds. The van der Waals surface area contributed by atoms with Crippen molar-refractivity contribution in [2.45, 2.75) is 33.4 Å². The van der Waals surface area contributed by atoms with Crippen molar-refractivity contribution < 1.29 is 4.42 Å². The summed E-state index contributed by atoms with van der Waals surface area (Å²) in [7, 11) is 0. The van der Waals surface area contributed by atoms with Crippen LogP contribution in [-0.2, 0) is 6.54 Å². The third kappa shape index (κ3) is 3.09. The Morgan fingerprint density at radius 2 is 2.11 bits per heavy atom. The van der Waals surface area contributed by atoms with Gasteiger partial charge in [0.25, 0.3) is 0 Å². The number of halogens is 1. The molecule has 0 atom stereocenters. The molecular weight excluding hydrogens is 250 g/mol. The van der Waals surface area contributed by atoms with Crippen LogP contribution >= 0.6 is 11.6 Å². The molecule has 0 unspecified atom stereocenters. The maximum atomic E-state index is 6.07. The average Bonchev–Trinajstić information content (AvgIpc) is 2.79. The Kier molecular flexibility index (Phi) is 3.99.